The van der Waals surface area contributed by atoms with Crippen molar-refractivity contribution in [3.63, 3.8) is 0 Å². The van der Waals surface area contributed by atoms with Crippen LogP contribution in [0, 0.1) is 6.92 Å². The highest BCUT2D eigenvalue weighted by atomic mass is 32.2. The SMILES string of the molecule is CCC(C)(C)Sc1ccc(C(C)(C)C(C)(C)Sc2ccc(C(C)(C)C)cc2)c(C)c1. The summed E-state index contributed by atoms with van der Waals surface area (Å²) in [4.78, 5) is 2.72. The largest absolute Gasteiger partial charge is 0.120 e. The topological polar surface area (TPSA) is 0 Å². The van der Waals surface area contributed by atoms with Crippen molar-refractivity contribution in [3.8, 4) is 0 Å². The number of hydrogen-bond acceptors (Lipinski definition) is 2. The van der Waals surface area contributed by atoms with E-state index in [2.05, 4.69) is 119 Å². The molecule has 0 saturated carbocycles. The maximum atomic E-state index is 2.40. The molecule has 0 aliphatic heterocycles. The van der Waals surface area contributed by atoms with Crippen LogP contribution in [0.3, 0.4) is 0 Å². The lowest BCUT2D eigenvalue weighted by Crippen LogP contribution is -2.40. The van der Waals surface area contributed by atoms with E-state index in [4.69, 9.17) is 0 Å². The van der Waals surface area contributed by atoms with Gasteiger partial charge in [-0.1, -0.05) is 73.6 Å². The molecule has 30 heavy (non-hydrogen) atoms. The summed E-state index contributed by atoms with van der Waals surface area (Å²) < 4.78 is 0.330. The van der Waals surface area contributed by atoms with Crippen molar-refractivity contribution in [3.05, 3.63) is 59.2 Å². The van der Waals surface area contributed by atoms with Gasteiger partial charge in [-0.3, -0.25) is 0 Å². The normalized spacial score (nSPS) is 13.6. The Morgan fingerprint density at radius 2 is 1.23 bits per heavy atom. The van der Waals surface area contributed by atoms with Crippen molar-refractivity contribution >= 4 is 23.5 Å². The third kappa shape index (κ3) is 5.88. The molecule has 0 aliphatic carbocycles. The summed E-state index contributed by atoms with van der Waals surface area (Å²) in [5.41, 5.74) is 4.47. The van der Waals surface area contributed by atoms with E-state index in [1.165, 1.54) is 32.9 Å². The molecule has 0 heterocycles. The molecule has 0 amide bonds. The van der Waals surface area contributed by atoms with Crippen LogP contribution in [-0.4, -0.2) is 9.49 Å². The Morgan fingerprint density at radius 3 is 1.70 bits per heavy atom. The zero-order chi connectivity index (χ0) is 23.0. The van der Waals surface area contributed by atoms with Gasteiger partial charge in [0.2, 0.25) is 0 Å². The van der Waals surface area contributed by atoms with Gasteiger partial charge in [0.05, 0.1) is 0 Å². The van der Waals surface area contributed by atoms with E-state index in [9.17, 15) is 0 Å². The summed E-state index contributed by atoms with van der Waals surface area (Å²) >= 11 is 3.98. The molecule has 0 unspecified atom stereocenters. The molecular formula is C28H42S2. The van der Waals surface area contributed by atoms with Crippen LogP contribution < -0.4 is 0 Å². The van der Waals surface area contributed by atoms with Gasteiger partial charge in [0.25, 0.3) is 0 Å². The van der Waals surface area contributed by atoms with Gasteiger partial charge in [0.1, 0.15) is 0 Å². The first-order valence-corrected chi connectivity index (χ1v) is 12.8. The molecule has 0 aromatic heterocycles. The Bertz CT molecular complexity index is 849. The summed E-state index contributed by atoms with van der Waals surface area (Å²) in [6.07, 6.45) is 1.17. The van der Waals surface area contributed by atoms with Crippen LogP contribution in [0.5, 0.6) is 0 Å². The summed E-state index contributed by atoms with van der Waals surface area (Å²) in [6, 6.07) is 16.2. The Balaban J connectivity index is 2.28. The van der Waals surface area contributed by atoms with Crippen molar-refractivity contribution < 1.29 is 0 Å². The fourth-order valence-corrected chi connectivity index (χ4v) is 5.94. The molecule has 2 rings (SSSR count). The Hall–Kier alpha value is -0.860. The first-order chi connectivity index (χ1) is 13.6. The molecule has 2 heteroatoms. The number of rotatable bonds is 7. The fraction of sp³-hybridized carbons (Fsp3) is 0.571. The maximum Gasteiger partial charge on any atom is 0.0242 e. The molecule has 2 aromatic carbocycles. The summed E-state index contributed by atoms with van der Waals surface area (Å²) in [7, 11) is 0. The van der Waals surface area contributed by atoms with E-state index in [0.29, 0.717) is 0 Å². The van der Waals surface area contributed by atoms with Crippen LogP contribution in [-0.2, 0) is 10.8 Å². The predicted octanol–water partition coefficient (Wildman–Crippen LogP) is 9.42. The highest BCUT2D eigenvalue weighted by Gasteiger charge is 2.40. The Morgan fingerprint density at radius 1 is 0.700 bits per heavy atom. The van der Waals surface area contributed by atoms with E-state index in [-0.39, 0.29) is 20.3 Å². The van der Waals surface area contributed by atoms with Crippen LogP contribution >= 0.6 is 23.5 Å². The second-order valence-electron chi connectivity index (χ2n) is 11.2. The standard InChI is InChI=1S/C28H42S2/c1-12-26(6,7)29-23-17-18-24(20(2)19-23)27(8,9)28(10,11)30-22-15-13-21(14-16-22)25(3,4)5/h13-19H,12H2,1-11H3. The maximum absolute atomic E-state index is 2.40. The van der Waals surface area contributed by atoms with Gasteiger partial charge in [-0.25, -0.2) is 0 Å². The van der Waals surface area contributed by atoms with Crippen LogP contribution in [0.25, 0.3) is 0 Å². The average molecular weight is 443 g/mol. The monoisotopic (exact) mass is 442 g/mol. The molecule has 0 aliphatic rings. The van der Waals surface area contributed by atoms with E-state index in [0.717, 1.165) is 0 Å². The first kappa shape index (κ1) is 25.4. The molecule has 0 atom stereocenters. The van der Waals surface area contributed by atoms with Gasteiger partial charge in [0, 0.05) is 24.7 Å². The molecule has 0 spiro atoms. The highest BCUT2D eigenvalue weighted by molar-refractivity contribution is 8.01. The molecule has 0 bridgehead atoms. The lowest BCUT2D eigenvalue weighted by molar-refractivity contribution is 0.410. The molecule has 0 fully saturated rings. The lowest BCUT2D eigenvalue weighted by Gasteiger charge is -2.42. The van der Waals surface area contributed by atoms with Gasteiger partial charge in [-0.15, -0.1) is 23.5 Å². The summed E-state index contributed by atoms with van der Waals surface area (Å²) in [6.45, 7) is 25.6. The summed E-state index contributed by atoms with van der Waals surface area (Å²) in [5, 5.41) is 0. The van der Waals surface area contributed by atoms with Gasteiger partial charge in [0.15, 0.2) is 0 Å². The minimum atomic E-state index is 0.0356. The quantitative estimate of drug-likeness (QED) is 0.392. The molecule has 0 radical (unpaired) electrons. The molecule has 166 valence electrons. The van der Waals surface area contributed by atoms with Crippen LogP contribution in [0.1, 0.15) is 92.3 Å². The van der Waals surface area contributed by atoms with Gasteiger partial charge in [-0.2, -0.15) is 0 Å². The van der Waals surface area contributed by atoms with Crippen LogP contribution in [0.15, 0.2) is 52.3 Å². The van der Waals surface area contributed by atoms with Crippen molar-refractivity contribution in [1.82, 2.24) is 0 Å². The first-order valence-electron chi connectivity index (χ1n) is 11.2. The second kappa shape index (κ2) is 8.94. The Labute approximate surface area is 195 Å². The van der Waals surface area contributed by atoms with E-state index in [1.54, 1.807) is 0 Å². The number of aryl methyl sites for hydroxylation is 1. The number of thioether (sulfide) groups is 2. The minimum Gasteiger partial charge on any atom is -0.120 e. The fourth-order valence-electron chi connectivity index (χ4n) is 3.56. The molecule has 2 aromatic rings. The van der Waals surface area contributed by atoms with Gasteiger partial charge < -0.3 is 0 Å². The van der Waals surface area contributed by atoms with Crippen LogP contribution in [0.2, 0.25) is 0 Å². The lowest BCUT2D eigenvalue weighted by atomic mass is 9.73. The molecule has 0 saturated heterocycles. The van der Waals surface area contributed by atoms with Crippen LogP contribution in [0.4, 0.5) is 0 Å². The van der Waals surface area contributed by atoms with Crippen molar-refractivity contribution in [2.24, 2.45) is 0 Å². The highest BCUT2D eigenvalue weighted by Crippen LogP contribution is 2.48. The molecule has 0 N–H and O–H groups in total. The zero-order valence-corrected chi connectivity index (χ0v) is 22.7. The van der Waals surface area contributed by atoms with Crippen molar-refractivity contribution in [2.45, 2.75) is 113 Å². The smallest absolute Gasteiger partial charge is 0.0242 e. The van der Waals surface area contributed by atoms with Gasteiger partial charge in [-0.05, 0) is 73.6 Å². The van der Waals surface area contributed by atoms with Crippen molar-refractivity contribution in [1.29, 1.82) is 0 Å². The molecular weight excluding hydrogens is 400 g/mol. The predicted molar refractivity (Wildman–Crippen MR) is 140 cm³/mol. The third-order valence-electron chi connectivity index (χ3n) is 6.72. The third-order valence-corrected chi connectivity index (χ3v) is 9.57. The zero-order valence-electron chi connectivity index (χ0n) is 21.1. The minimum absolute atomic E-state index is 0.0356. The second-order valence-corrected chi connectivity index (χ2v) is 14.7. The van der Waals surface area contributed by atoms with Gasteiger partial charge >= 0.3 is 0 Å². The average Bonchev–Trinajstić information content (AvgIpc) is 2.60. The Kier molecular flexibility index (Phi) is 7.57. The van der Waals surface area contributed by atoms with Crippen molar-refractivity contribution in [2.75, 3.05) is 0 Å². The van der Waals surface area contributed by atoms with E-state index < -0.39 is 0 Å². The molecule has 0 nitrogen and oxygen atoms in total. The van der Waals surface area contributed by atoms with E-state index >= 15 is 0 Å². The summed E-state index contributed by atoms with van der Waals surface area (Å²) in [5.74, 6) is 0. The number of benzene rings is 2. The number of hydrogen-bond donors (Lipinski definition) is 0. The van der Waals surface area contributed by atoms with E-state index in [1.807, 2.05) is 23.5 Å².